The van der Waals surface area contributed by atoms with Gasteiger partial charge in [0.2, 0.25) is 0 Å². The highest BCUT2D eigenvalue weighted by Gasteiger charge is 2.10. The lowest BCUT2D eigenvalue weighted by Crippen LogP contribution is -2.27. The van der Waals surface area contributed by atoms with Crippen molar-refractivity contribution in [2.75, 3.05) is 31.1 Å². The Labute approximate surface area is 120 Å². The monoisotopic (exact) mass is 267 g/mol. The molecule has 1 saturated heterocycles. The highest BCUT2D eigenvalue weighted by Crippen LogP contribution is 2.17. The van der Waals surface area contributed by atoms with Gasteiger partial charge in [0.15, 0.2) is 0 Å². The van der Waals surface area contributed by atoms with Crippen LogP contribution in [-0.4, -0.2) is 31.2 Å². The maximum atomic E-state index is 4.42. The standard InChI is InChI=1S/C17H21N3/c1-2-5-15(6-3-1)11-16-12-17(14-19-13-16)20-9-4-7-18-8-10-20/h1-3,5-6,12-14,18H,4,7-11H2. The van der Waals surface area contributed by atoms with Crippen LogP contribution in [0.4, 0.5) is 5.69 Å². The molecular formula is C17H21N3. The summed E-state index contributed by atoms with van der Waals surface area (Å²) in [5.41, 5.74) is 3.87. The summed E-state index contributed by atoms with van der Waals surface area (Å²) in [4.78, 5) is 6.86. The summed E-state index contributed by atoms with van der Waals surface area (Å²) < 4.78 is 0. The van der Waals surface area contributed by atoms with Gasteiger partial charge in [0, 0.05) is 25.8 Å². The highest BCUT2D eigenvalue weighted by atomic mass is 15.2. The molecule has 0 radical (unpaired) electrons. The molecule has 3 nitrogen and oxygen atoms in total. The summed E-state index contributed by atoms with van der Waals surface area (Å²) in [5, 5.41) is 3.44. The Morgan fingerprint density at radius 3 is 2.80 bits per heavy atom. The van der Waals surface area contributed by atoms with E-state index in [1.807, 2.05) is 12.4 Å². The zero-order chi connectivity index (χ0) is 13.6. The van der Waals surface area contributed by atoms with Crippen molar-refractivity contribution in [3.63, 3.8) is 0 Å². The minimum absolute atomic E-state index is 0.952. The minimum Gasteiger partial charge on any atom is -0.369 e. The summed E-state index contributed by atoms with van der Waals surface area (Å²) in [6, 6.07) is 12.9. The molecule has 2 aromatic rings. The number of hydrogen-bond donors (Lipinski definition) is 1. The lowest BCUT2D eigenvalue weighted by Gasteiger charge is -2.22. The first-order chi connectivity index (χ1) is 9.92. The Kier molecular flexibility index (Phi) is 4.28. The fourth-order valence-electron chi connectivity index (χ4n) is 2.68. The van der Waals surface area contributed by atoms with Crippen LogP contribution in [0, 0.1) is 0 Å². The second-order valence-electron chi connectivity index (χ2n) is 5.30. The van der Waals surface area contributed by atoms with Crippen LogP contribution >= 0.6 is 0 Å². The van der Waals surface area contributed by atoms with Crippen LogP contribution in [0.25, 0.3) is 0 Å². The number of benzene rings is 1. The van der Waals surface area contributed by atoms with E-state index in [-0.39, 0.29) is 0 Å². The van der Waals surface area contributed by atoms with Crippen LogP contribution in [0.15, 0.2) is 48.8 Å². The van der Waals surface area contributed by atoms with Gasteiger partial charge in [-0.25, -0.2) is 0 Å². The zero-order valence-corrected chi connectivity index (χ0v) is 11.8. The van der Waals surface area contributed by atoms with Crippen molar-refractivity contribution in [1.82, 2.24) is 10.3 Å². The van der Waals surface area contributed by atoms with E-state index in [9.17, 15) is 0 Å². The van der Waals surface area contributed by atoms with Crippen LogP contribution in [0.5, 0.6) is 0 Å². The fourth-order valence-corrected chi connectivity index (χ4v) is 2.68. The Morgan fingerprint density at radius 1 is 1.00 bits per heavy atom. The van der Waals surface area contributed by atoms with Crippen LogP contribution in [0.2, 0.25) is 0 Å². The summed E-state index contributed by atoms with van der Waals surface area (Å²) in [5.74, 6) is 0. The van der Waals surface area contributed by atoms with E-state index < -0.39 is 0 Å². The molecule has 1 aliphatic heterocycles. The Bertz CT molecular complexity index is 531. The van der Waals surface area contributed by atoms with Crippen molar-refractivity contribution < 1.29 is 0 Å². The van der Waals surface area contributed by atoms with Crippen molar-refractivity contribution in [2.24, 2.45) is 0 Å². The Hall–Kier alpha value is -1.87. The molecule has 0 aliphatic carbocycles. The molecule has 0 saturated carbocycles. The van der Waals surface area contributed by atoms with Gasteiger partial charge in [-0.05, 0) is 36.6 Å². The van der Waals surface area contributed by atoms with E-state index in [0.717, 1.165) is 32.6 Å². The van der Waals surface area contributed by atoms with Crippen molar-refractivity contribution in [2.45, 2.75) is 12.8 Å². The molecule has 1 fully saturated rings. The van der Waals surface area contributed by atoms with Crippen LogP contribution in [-0.2, 0) is 6.42 Å². The van der Waals surface area contributed by atoms with E-state index in [2.05, 4.69) is 51.6 Å². The smallest absolute Gasteiger partial charge is 0.0556 e. The SMILES string of the molecule is c1ccc(Cc2cncc(N3CCCNCC3)c2)cc1. The van der Waals surface area contributed by atoms with Gasteiger partial charge in [-0.2, -0.15) is 0 Å². The summed E-state index contributed by atoms with van der Waals surface area (Å²) in [6.45, 7) is 4.36. The zero-order valence-electron chi connectivity index (χ0n) is 11.8. The van der Waals surface area contributed by atoms with Gasteiger partial charge in [0.25, 0.3) is 0 Å². The average Bonchev–Trinajstić information content (AvgIpc) is 2.78. The van der Waals surface area contributed by atoms with Gasteiger partial charge in [-0.3, -0.25) is 4.98 Å². The van der Waals surface area contributed by atoms with Gasteiger partial charge in [0.05, 0.1) is 11.9 Å². The number of aromatic nitrogens is 1. The van der Waals surface area contributed by atoms with Gasteiger partial charge >= 0.3 is 0 Å². The first-order valence-corrected chi connectivity index (χ1v) is 7.35. The van der Waals surface area contributed by atoms with Gasteiger partial charge in [-0.15, -0.1) is 0 Å². The van der Waals surface area contributed by atoms with Crippen molar-refractivity contribution in [3.8, 4) is 0 Å². The molecule has 1 aliphatic rings. The number of rotatable bonds is 3. The molecule has 104 valence electrons. The van der Waals surface area contributed by atoms with E-state index in [1.54, 1.807) is 0 Å². The molecule has 3 heteroatoms. The highest BCUT2D eigenvalue weighted by molar-refractivity contribution is 5.47. The summed E-state index contributed by atoms with van der Waals surface area (Å²) >= 11 is 0. The second kappa shape index (κ2) is 6.53. The summed E-state index contributed by atoms with van der Waals surface area (Å²) in [6.07, 6.45) is 6.11. The molecule has 3 rings (SSSR count). The molecule has 1 aromatic carbocycles. The van der Waals surface area contributed by atoms with Crippen molar-refractivity contribution >= 4 is 5.69 Å². The van der Waals surface area contributed by atoms with E-state index in [1.165, 1.54) is 23.2 Å². The molecule has 0 atom stereocenters. The molecule has 0 spiro atoms. The molecule has 0 amide bonds. The van der Waals surface area contributed by atoms with Gasteiger partial charge < -0.3 is 10.2 Å². The largest absolute Gasteiger partial charge is 0.369 e. The quantitative estimate of drug-likeness (QED) is 0.926. The maximum Gasteiger partial charge on any atom is 0.0556 e. The van der Waals surface area contributed by atoms with Gasteiger partial charge in [-0.1, -0.05) is 30.3 Å². The number of anilines is 1. The predicted molar refractivity (Wildman–Crippen MR) is 83.2 cm³/mol. The fraction of sp³-hybridized carbons (Fsp3) is 0.353. The van der Waals surface area contributed by atoms with Crippen LogP contribution in [0.3, 0.4) is 0 Å². The molecular weight excluding hydrogens is 246 g/mol. The molecule has 1 aromatic heterocycles. The lowest BCUT2D eigenvalue weighted by molar-refractivity contribution is 0.724. The Morgan fingerprint density at radius 2 is 1.90 bits per heavy atom. The molecule has 0 bridgehead atoms. The summed E-state index contributed by atoms with van der Waals surface area (Å²) in [7, 11) is 0. The van der Waals surface area contributed by atoms with Crippen molar-refractivity contribution in [1.29, 1.82) is 0 Å². The lowest BCUT2D eigenvalue weighted by atomic mass is 10.1. The van der Waals surface area contributed by atoms with Gasteiger partial charge in [0.1, 0.15) is 0 Å². The molecule has 1 N–H and O–H groups in total. The first-order valence-electron chi connectivity index (χ1n) is 7.35. The predicted octanol–water partition coefficient (Wildman–Crippen LogP) is 2.47. The average molecular weight is 267 g/mol. The maximum absolute atomic E-state index is 4.42. The molecule has 2 heterocycles. The third kappa shape index (κ3) is 3.36. The van der Waals surface area contributed by atoms with Crippen molar-refractivity contribution in [3.05, 3.63) is 59.9 Å². The minimum atomic E-state index is 0.952. The molecule has 20 heavy (non-hydrogen) atoms. The number of nitrogens with zero attached hydrogens (tertiary/aromatic N) is 2. The van der Waals surface area contributed by atoms with E-state index >= 15 is 0 Å². The second-order valence-corrected chi connectivity index (χ2v) is 5.30. The molecule has 0 unspecified atom stereocenters. The van der Waals surface area contributed by atoms with E-state index in [4.69, 9.17) is 0 Å². The van der Waals surface area contributed by atoms with Crippen LogP contribution < -0.4 is 10.2 Å². The Balaban J connectivity index is 1.75. The van der Waals surface area contributed by atoms with E-state index in [0.29, 0.717) is 0 Å². The number of nitrogens with one attached hydrogen (secondary N) is 1. The number of hydrogen-bond acceptors (Lipinski definition) is 3. The number of pyridine rings is 1. The topological polar surface area (TPSA) is 28.2 Å². The third-order valence-corrected chi connectivity index (χ3v) is 3.74. The normalized spacial score (nSPS) is 15.9. The van der Waals surface area contributed by atoms with Crippen LogP contribution in [0.1, 0.15) is 17.5 Å². The first kappa shape index (κ1) is 13.1. The third-order valence-electron chi connectivity index (χ3n) is 3.74.